The van der Waals surface area contributed by atoms with E-state index in [-0.39, 0.29) is 0 Å². The lowest BCUT2D eigenvalue weighted by molar-refractivity contribution is 0.370. The van der Waals surface area contributed by atoms with Crippen molar-refractivity contribution >= 4 is 32.5 Å². The zero-order valence-electron chi connectivity index (χ0n) is 13.4. The number of hydrogen-bond donors (Lipinski definition) is 1. The number of nitrogens with one attached hydrogen (secondary N) is 1. The summed E-state index contributed by atoms with van der Waals surface area (Å²) in [6, 6.07) is 8.07. The first-order valence-electron chi connectivity index (χ1n) is 7.51. The van der Waals surface area contributed by atoms with E-state index in [1.807, 2.05) is 31.4 Å². The van der Waals surface area contributed by atoms with Crippen molar-refractivity contribution < 1.29 is 4.74 Å². The molecule has 2 heterocycles. The molecule has 0 saturated carbocycles. The number of pyridine rings is 1. The van der Waals surface area contributed by atoms with Gasteiger partial charge in [0.05, 0.1) is 23.9 Å². The molecule has 5 nitrogen and oxygen atoms in total. The Morgan fingerprint density at radius 1 is 1.30 bits per heavy atom. The average Bonchev–Trinajstić information content (AvgIpc) is 2.88. The molecule has 3 rings (SSSR count). The largest absolute Gasteiger partial charge is 0.481 e. The third-order valence-corrected chi connectivity index (χ3v) is 4.52. The minimum absolute atomic E-state index is 0.659. The van der Waals surface area contributed by atoms with Crippen LogP contribution in [0.25, 0.3) is 10.9 Å². The Kier molecular flexibility index (Phi) is 4.52. The molecular formula is C17H19BrN4O. The molecule has 120 valence electrons. The van der Waals surface area contributed by atoms with Crippen LogP contribution in [0.1, 0.15) is 18.2 Å². The summed E-state index contributed by atoms with van der Waals surface area (Å²) >= 11 is 3.55. The summed E-state index contributed by atoms with van der Waals surface area (Å²) in [7, 11) is 3.58. The number of aryl methyl sites for hydroxylation is 2. The van der Waals surface area contributed by atoms with Gasteiger partial charge in [0, 0.05) is 35.3 Å². The summed E-state index contributed by atoms with van der Waals surface area (Å²) in [5.74, 6) is 0.800. The van der Waals surface area contributed by atoms with Crippen LogP contribution in [0, 0.1) is 0 Å². The van der Waals surface area contributed by atoms with Crippen LogP contribution >= 0.6 is 15.9 Å². The van der Waals surface area contributed by atoms with Gasteiger partial charge in [-0.25, -0.2) is 4.68 Å². The zero-order valence-corrected chi connectivity index (χ0v) is 15.0. The lowest BCUT2D eigenvalue weighted by Crippen LogP contribution is -2.04. The molecule has 0 fully saturated rings. The van der Waals surface area contributed by atoms with Gasteiger partial charge in [0.25, 0.3) is 0 Å². The number of anilines is 1. The summed E-state index contributed by atoms with van der Waals surface area (Å²) in [6.45, 7) is 2.76. The summed E-state index contributed by atoms with van der Waals surface area (Å²) in [5.41, 5.74) is 4.14. The van der Waals surface area contributed by atoms with E-state index < -0.39 is 0 Å². The lowest BCUT2D eigenvalue weighted by Gasteiger charge is -2.11. The van der Waals surface area contributed by atoms with Gasteiger partial charge in [-0.05, 0) is 34.5 Å². The van der Waals surface area contributed by atoms with Crippen LogP contribution in [0.4, 0.5) is 5.69 Å². The SMILES string of the molecule is CCc1nn(C)c(OC)c1CNc1ccnc2c(Br)cccc12. The van der Waals surface area contributed by atoms with E-state index in [0.29, 0.717) is 6.54 Å². The van der Waals surface area contributed by atoms with Crippen LogP contribution in [-0.2, 0) is 20.0 Å². The number of aromatic nitrogens is 3. The lowest BCUT2D eigenvalue weighted by atomic mass is 10.1. The van der Waals surface area contributed by atoms with Crippen LogP contribution in [-0.4, -0.2) is 21.9 Å². The van der Waals surface area contributed by atoms with Gasteiger partial charge in [-0.1, -0.05) is 19.1 Å². The minimum Gasteiger partial charge on any atom is -0.481 e. The van der Waals surface area contributed by atoms with Gasteiger partial charge in [0.2, 0.25) is 5.88 Å². The molecule has 0 bridgehead atoms. The Labute approximate surface area is 143 Å². The Bertz CT molecular complexity index is 844. The number of hydrogen-bond acceptors (Lipinski definition) is 4. The number of benzene rings is 1. The molecule has 3 aromatic rings. The average molecular weight is 375 g/mol. The first-order valence-corrected chi connectivity index (χ1v) is 8.30. The zero-order chi connectivity index (χ0) is 16.4. The maximum Gasteiger partial charge on any atom is 0.216 e. The molecule has 0 radical (unpaired) electrons. The predicted molar refractivity (Wildman–Crippen MR) is 95.9 cm³/mol. The maximum atomic E-state index is 5.49. The Hall–Kier alpha value is -2.08. The van der Waals surface area contributed by atoms with Crippen molar-refractivity contribution in [3.05, 3.63) is 46.2 Å². The number of halogens is 1. The molecule has 23 heavy (non-hydrogen) atoms. The van der Waals surface area contributed by atoms with E-state index in [1.54, 1.807) is 11.8 Å². The molecule has 6 heteroatoms. The van der Waals surface area contributed by atoms with E-state index >= 15 is 0 Å². The summed E-state index contributed by atoms with van der Waals surface area (Å²) in [4.78, 5) is 4.44. The van der Waals surface area contributed by atoms with Crippen LogP contribution in [0.15, 0.2) is 34.9 Å². The highest BCUT2D eigenvalue weighted by Gasteiger charge is 2.15. The fourth-order valence-electron chi connectivity index (χ4n) is 2.80. The quantitative estimate of drug-likeness (QED) is 0.735. The molecular weight excluding hydrogens is 356 g/mol. The van der Waals surface area contributed by atoms with E-state index in [2.05, 4.69) is 44.3 Å². The van der Waals surface area contributed by atoms with E-state index in [1.165, 1.54) is 0 Å². The maximum absolute atomic E-state index is 5.49. The molecule has 0 aliphatic heterocycles. The van der Waals surface area contributed by atoms with Crippen molar-refractivity contribution in [3.8, 4) is 5.88 Å². The number of nitrogens with zero attached hydrogens (tertiary/aromatic N) is 3. The molecule has 0 aliphatic carbocycles. The van der Waals surface area contributed by atoms with Gasteiger partial charge in [-0.2, -0.15) is 5.10 Å². The standard InChI is InChI=1S/C17H19BrN4O/c1-4-14-12(17(23-3)22(2)21-14)10-20-15-8-9-19-16-11(15)6-5-7-13(16)18/h5-9H,4,10H2,1-3H3,(H,19,20). The second-order valence-corrected chi connectivity index (χ2v) is 6.11. The number of rotatable bonds is 5. The van der Waals surface area contributed by atoms with Gasteiger partial charge in [0.15, 0.2) is 0 Å². The third kappa shape index (κ3) is 2.91. The highest BCUT2D eigenvalue weighted by molar-refractivity contribution is 9.10. The summed E-state index contributed by atoms with van der Waals surface area (Å²) in [5, 5.41) is 9.11. The van der Waals surface area contributed by atoms with Crippen LogP contribution in [0.5, 0.6) is 5.88 Å². The van der Waals surface area contributed by atoms with Gasteiger partial charge in [0.1, 0.15) is 0 Å². The van der Waals surface area contributed by atoms with E-state index in [4.69, 9.17) is 4.74 Å². The smallest absolute Gasteiger partial charge is 0.216 e. The van der Waals surface area contributed by atoms with Crippen molar-refractivity contribution in [2.24, 2.45) is 7.05 Å². The second kappa shape index (κ2) is 6.58. The van der Waals surface area contributed by atoms with Gasteiger partial charge >= 0.3 is 0 Å². The molecule has 0 aliphatic rings. The second-order valence-electron chi connectivity index (χ2n) is 5.26. The van der Waals surface area contributed by atoms with Crippen LogP contribution in [0.2, 0.25) is 0 Å². The fraction of sp³-hybridized carbons (Fsp3) is 0.294. The Balaban J connectivity index is 1.94. The first-order chi connectivity index (χ1) is 11.2. The molecule has 1 aromatic carbocycles. The third-order valence-electron chi connectivity index (χ3n) is 3.88. The van der Waals surface area contributed by atoms with Crippen molar-refractivity contribution in [2.75, 3.05) is 12.4 Å². The number of fused-ring (bicyclic) bond motifs is 1. The molecule has 0 atom stereocenters. The normalized spacial score (nSPS) is 11.0. The highest BCUT2D eigenvalue weighted by Crippen LogP contribution is 2.29. The van der Waals surface area contributed by atoms with Crippen molar-refractivity contribution in [1.29, 1.82) is 0 Å². The molecule has 2 aromatic heterocycles. The molecule has 0 saturated heterocycles. The van der Waals surface area contributed by atoms with Crippen LogP contribution < -0.4 is 10.1 Å². The van der Waals surface area contributed by atoms with Crippen molar-refractivity contribution in [1.82, 2.24) is 14.8 Å². The Morgan fingerprint density at radius 3 is 2.87 bits per heavy atom. The van der Waals surface area contributed by atoms with Crippen molar-refractivity contribution in [3.63, 3.8) is 0 Å². The van der Waals surface area contributed by atoms with Gasteiger partial charge in [-0.15, -0.1) is 0 Å². The fourth-order valence-corrected chi connectivity index (χ4v) is 3.27. The van der Waals surface area contributed by atoms with Crippen molar-refractivity contribution in [2.45, 2.75) is 19.9 Å². The summed E-state index contributed by atoms with van der Waals surface area (Å²) < 4.78 is 8.28. The number of ether oxygens (including phenoxy) is 1. The minimum atomic E-state index is 0.659. The number of methoxy groups -OCH3 is 1. The monoisotopic (exact) mass is 374 g/mol. The molecule has 0 amide bonds. The van der Waals surface area contributed by atoms with Crippen LogP contribution in [0.3, 0.4) is 0 Å². The molecule has 0 spiro atoms. The Morgan fingerprint density at radius 2 is 2.13 bits per heavy atom. The van der Waals surface area contributed by atoms with Gasteiger partial charge in [-0.3, -0.25) is 4.98 Å². The molecule has 0 unspecified atom stereocenters. The first kappa shape index (κ1) is 15.8. The topological polar surface area (TPSA) is 52.0 Å². The highest BCUT2D eigenvalue weighted by atomic mass is 79.9. The van der Waals surface area contributed by atoms with E-state index in [0.717, 1.165) is 44.6 Å². The predicted octanol–water partition coefficient (Wildman–Crippen LogP) is 3.91. The summed E-state index contributed by atoms with van der Waals surface area (Å²) in [6.07, 6.45) is 2.69. The molecule has 1 N–H and O–H groups in total. The number of para-hydroxylation sites is 1. The van der Waals surface area contributed by atoms with Gasteiger partial charge < -0.3 is 10.1 Å². The van der Waals surface area contributed by atoms with E-state index in [9.17, 15) is 0 Å².